The highest BCUT2D eigenvalue weighted by Crippen LogP contribution is 2.33. The van der Waals surface area contributed by atoms with Crippen LogP contribution in [0.5, 0.6) is 23.0 Å². The minimum atomic E-state index is -3.19. The van der Waals surface area contributed by atoms with E-state index in [2.05, 4.69) is 25.3 Å². The first-order chi connectivity index (χ1) is 30.3. The van der Waals surface area contributed by atoms with Crippen LogP contribution in [0.2, 0.25) is 0 Å². The number of rotatable bonds is 14. The predicted octanol–water partition coefficient (Wildman–Crippen LogP) is 1.95. The summed E-state index contributed by atoms with van der Waals surface area (Å²) < 4.78 is 80.9. The molecule has 0 aliphatic carbocycles. The Labute approximate surface area is 376 Å². The van der Waals surface area contributed by atoms with Crippen LogP contribution >= 0.6 is 0 Å². The monoisotopic (exact) mass is 948 g/mol. The molecule has 0 spiro atoms. The van der Waals surface area contributed by atoms with Gasteiger partial charge in [-0.3, -0.25) is 13.8 Å². The number of aromatic nitrogens is 4. The first kappa shape index (κ1) is 51.1. The molecule has 64 heavy (non-hydrogen) atoms. The van der Waals surface area contributed by atoms with Crippen LogP contribution in [0.15, 0.2) is 53.9 Å². The van der Waals surface area contributed by atoms with Crippen LogP contribution in [0, 0.1) is 0 Å². The molecule has 2 aromatic carbocycles. The summed E-state index contributed by atoms with van der Waals surface area (Å²) in [5, 5.41) is 3.27. The molecule has 7 N–H and O–H groups in total. The molecule has 2 fully saturated rings. The molecular weight excluding hydrogens is 893 g/mol. The molecule has 350 valence electrons. The molecule has 0 bridgehead atoms. The van der Waals surface area contributed by atoms with Gasteiger partial charge in [0.25, 0.3) is 0 Å². The number of nitrogens with one attached hydrogen (secondary N) is 1. The van der Waals surface area contributed by atoms with Crippen molar-refractivity contribution >= 4 is 60.0 Å². The normalized spacial score (nSPS) is 15.6. The van der Waals surface area contributed by atoms with Gasteiger partial charge in [0.15, 0.2) is 0 Å². The van der Waals surface area contributed by atoms with Gasteiger partial charge in [-0.2, -0.15) is 4.98 Å². The summed E-state index contributed by atoms with van der Waals surface area (Å²) >= 11 is 0. The maximum atomic E-state index is 13.1. The number of ether oxygens (including phenoxy) is 4. The fourth-order valence-corrected chi connectivity index (χ4v) is 8.95. The Morgan fingerprint density at radius 3 is 1.45 bits per heavy atom. The Morgan fingerprint density at radius 1 is 0.703 bits per heavy atom. The zero-order valence-electron chi connectivity index (χ0n) is 36.8. The van der Waals surface area contributed by atoms with Gasteiger partial charge in [-0.05, 0) is 49.9 Å². The number of methoxy groups -OCH3 is 4. The molecule has 0 radical (unpaired) electrons. The molecule has 1 unspecified atom stereocenters. The van der Waals surface area contributed by atoms with E-state index in [0.29, 0.717) is 67.8 Å². The number of nitrogens with two attached hydrogens (primary N) is 3. The Hall–Kier alpha value is -5.53. The zero-order valence-corrected chi connectivity index (χ0v) is 39.2. The number of hydrogen-bond donors (Lipinski definition) is 4. The number of hydrogen-bond acceptors (Lipinski definition) is 19. The fourth-order valence-electron chi connectivity index (χ4n) is 6.57. The minimum Gasteiger partial charge on any atom is -0.496 e. The summed E-state index contributed by atoms with van der Waals surface area (Å²) in [5.74, 6) is 1.25. The van der Waals surface area contributed by atoms with Crippen LogP contribution in [0.25, 0.3) is 0 Å². The van der Waals surface area contributed by atoms with Crippen molar-refractivity contribution in [1.82, 2.24) is 28.5 Å². The molecule has 4 heterocycles. The highest BCUT2D eigenvalue weighted by Gasteiger charge is 2.28. The summed E-state index contributed by atoms with van der Waals surface area (Å²) in [6, 6.07) is 10.2. The number of anilines is 3. The van der Waals surface area contributed by atoms with Crippen molar-refractivity contribution in [3.63, 3.8) is 0 Å². The van der Waals surface area contributed by atoms with Gasteiger partial charge in [0.1, 0.15) is 45.8 Å². The maximum absolute atomic E-state index is 13.1. The smallest absolute Gasteiger partial charge is 0.224 e. The Balaban J connectivity index is 0.000000232. The van der Waals surface area contributed by atoms with E-state index in [1.165, 1.54) is 62.0 Å². The second kappa shape index (κ2) is 22.9. The van der Waals surface area contributed by atoms with E-state index >= 15 is 0 Å². The van der Waals surface area contributed by atoms with Gasteiger partial charge in [0.05, 0.1) is 62.9 Å². The lowest BCUT2D eigenvalue weighted by molar-refractivity contribution is 0.102. The van der Waals surface area contributed by atoms with Gasteiger partial charge in [0.2, 0.25) is 42.7 Å². The standard InChI is InChI=1S/C19H25N5O5S.C15H17N3O4S.C6H14N2O2S/c1-28-14-5-4-6-15(29-2)16(14)17(25)13-11-21-19(23-18(13)20)22-12-7-9-24(10-8-12)30(3,26)27;1-4-23(20)15-17-8-9(14(16)18-15)13(19)12-10(21-2)6-5-7-11(12)22-3;1-11(9,10)8-4-2-6(7)3-5-8/h4-6,11-12H,7-10H2,1-3H3,(H3,20,21,22,23);5-8H,4H2,1-3H3,(H2,16,17,18);6H,2-5,7H2,1H3. The number of carbonyl (C=O) groups excluding carboxylic acids is 2. The fraction of sp³-hybridized carbons (Fsp3) is 0.450. The third-order valence-electron chi connectivity index (χ3n) is 10.1. The summed E-state index contributed by atoms with van der Waals surface area (Å²) in [7, 11) is -1.65. The number of sulfonamides is 2. The van der Waals surface area contributed by atoms with Gasteiger partial charge in [-0.15, -0.1) is 0 Å². The quantitative estimate of drug-likeness (QED) is 0.104. The average Bonchev–Trinajstić information content (AvgIpc) is 3.27. The SMILES string of the molecule is CCS(=O)c1ncc(C(=O)c2c(OC)cccc2OC)c(N)n1.COc1cccc(OC)c1C(=O)c1cnc(NC2CCN(S(C)(=O)=O)CC2)nc1N.CS(=O)(=O)N1CCC(N)CC1. The lowest BCUT2D eigenvalue weighted by atomic mass is 10.0. The van der Waals surface area contributed by atoms with Crippen molar-refractivity contribution < 1.29 is 49.6 Å². The predicted molar refractivity (Wildman–Crippen MR) is 242 cm³/mol. The van der Waals surface area contributed by atoms with E-state index in [1.54, 1.807) is 43.3 Å². The molecule has 1 atom stereocenters. The Kier molecular flexibility index (Phi) is 18.3. The van der Waals surface area contributed by atoms with E-state index in [0.717, 1.165) is 12.8 Å². The van der Waals surface area contributed by atoms with E-state index in [1.807, 2.05) is 0 Å². The number of carbonyl (C=O) groups is 2. The molecule has 24 heteroatoms. The average molecular weight is 949 g/mol. The number of nitrogen functional groups attached to an aromatic ring is 2. The topological polar surface area (TPSA) is 305 Å². The van der Waals surface area contributed by atoms with E-state index in [4.69, 9.17) is 36.1 Å². The third kappa shape index (κ3) is 13.3. The molecule has 0 saturated carbocycles. The van der Waals surface area contributed by atoms with E-state index in [9.17, 15) is 30.6 Å². The van der Waals surface area contributed by atoms with Crippen molar-refractivity contribution in [3.05, 3.63) is 71.0 Å². The molecule has 21 nitrogen and oxygen atoms in total. The van der Waals surface area contributed by atoms with Crippen LogP contribution in [0.1, 0.15) is 64.4 Å². The molecule has 4 aromatic rings. The number of nitrogens with zero attached hydrogens (tertiary/aromatic N) is 6. The van der Waals surface area contributed by atoms with Crippen molar-refractivity contribution in [2.75, 3.05) is 89.7 Å². The van der Waals surface area contributed by atoms with Crippen LogP contribution in [0.3, 0.4) is 0 Å². The van der Waals surface area contributed by atoms with Crippen LogP contribution in [-0.4, -0.2) is 146 Å². The molecule has 2 saturated heterocycles. The van der Waals surface area contributed by atoms with E-state index in [-0.39, 0.29) is 57.1 Å². The number of piperidine rings is 2. The summed E-state index contributed by atoms with van der Waals surface area (Å²) in [6.45, 7) is 3.76. The lowest BCUT2D eigenvalue weighted by Gasteiger charge is -2.30. The van der Waals surface area contributed by atoms with Crippen molar-refractivity contribution in [1.29, 1.82) is 0 Å². The Morgan fingerprint density at radius 2 is 1.09 bits per heavy atom. The van der Waals surface area contributed by atoms with Crippen molar-refractivity contribution in [2.45, 2.75) is 49.8 Å². The highest BCUT2D eigenvalue weighted by molar-refractivity contribution is 7.88. The van der Waals surface area contributed by atoms with Crippen molar-refractivity contribution in [3.8, 4) is 23.0 Å². The van der Waals surface area contributed by atoms with E-state index < -0.39 is 42.4 Å². The molecule has 0 amide bonds. The second-order valence-corrected chi connectivity index (χ2v) is 20.0. The third-order valence-corrected chi connectivity index (χ3v) is 13.8. The van der Waals surface area contributed by atoms with Crippen LogP contribution < -0.4 is 41.5 Å². The second-order valence-electron chi connectivity index (χ2n) is 14.4. The molecule has 2 aliphatic heterocycles. The maximum Gasteiger partial charge on any atom is 0.224 e. The largest absolute Gasteiger partial charge is 0.496 e. The molecule has 2 aliphatic rings. The Bertz CT molecular complexity index is 2470. The van der Waals surface area contributed by atoms with Gasteiger partial charge in [-0.1, -0.05) is 19.1 Å². The lowest BCUT2D eigenvalue weighted by Crippen LogP contribution is -2.42. The number of ketones is 2. The van der Waals surface area contributed by atoms with Gasteiger partial charge in [-0.25, -0.2) is 40.4 Å². The minimum absolute atomic E-state index is 0.0123. The van der Waals surface area contributed by atoms with Crippen LogP contribution in [-0.2, 0) is 30.8 Å². The number of benzene rings is 2. The first-order valence-corrected chi connectivity index (χ1v) is 24.9. The molecule has 6 rings (SSSR count). The molecule has 2 aromatic heterocycles. The first-order valence-electron chi connectivity index (χ1n) is 19.8. The van der Waals surface area contributed by atoms with Gasteiger partial charge in [0, 0.05) is 56.4 Å². The van der Waals surface area contributed by atoms with Crippen molar-refractivity contribution in [2.24, 2.45) is 5.73 Å². The highest BCUT2D eigenvalue weighted by atomic mass is 32.2. The summed E-state index contributed by atoms with van der Waals surface area (Å²) in [6.07, 6.45) is 7.90. The molecular formula is C40H56N10O11S3. The zero-order chi connectivity index (χ0) is 47.4. The summed E-state index contributed by atoms with van der Waals surface area (Å²) in [4.78, 5) is 42.2. The van der Waals surface area contributed by atoms with Gasteiger partial charge < -0.3 is 41.5 Å². The summed E-state index contributed by atoms with van der Waals surface area (Å²) in [5.41, 5.74) is 18.2. The van der Waals surface area contributed by atoms with Gasteiger partial charge >= 0.3 is 0 Å². The van der Waals surface area contributed by atoms with Crippen LogP contribution in [0.4, 0.5) is 17.6 Å².